The first-order valence-corrected chi connectivity index (χ1v) is 10.9. The van der Waals surface area contributed by atoms with Crippen molar-refractivity contribution in [1.29, 1.82) is 0 Å². The van der Waals surface area contributed by atoms with Crippen molar-refractivity contribution < 1.29 is 19.4 Å². The molecule has 0 saturated carbocycles. The number of aromatic nitrogens is 2. The summed E-state index contributed by atoms with van der Waals surface area (Å²) >= 11 is 0. The number of imidazole rings is 1. The molecule has 0 spiro atoms. The van der Waals surface area contributed by atoms with Gasteiger partial charge in [0.15, 0.2) is 5.92 Å². The number of esters is 1. The Morgan fingerprint density at radius 1 is 1.00 bits per heavy atom. The number of phenolic OH excluding ortho intramolecular Hbond substituents is 1. The molecule has 5 rings (SSSR count). The van der Waals surface area contributed by atoms with Crippen LogP contribution in [0.25, 0.3) is 11.0 Å². The highest BCUT2D eigenvalue weighted by molar-refractivity contribution is 6.08. The van der Waals surface area contributed by atoms with E-state index in [4.69, 9.17) is 9.72 Å². The molecule has 166 valence electrons. The zero-order valence-electron chi connectivity index (χ0n) is 18.1. The molecule has 1 N–H and O–H groups in total. The van der Waals surface area contributed by atoms with Crippen molar-refractivity contribution in [2.75, 3.05) is 11.5 Å². The number of anilines is 1. The van der Waals surface area contributed by atoms with Gasteiger partial charge >= 0.3 is 5.97 Å². The minimum Gasteiger partial charge on any atom is -0.508 e. The molecule has 0 radical (unpaired) electrons. The maximum Gasteiger partial charge on any atom is 0.321 e. The van der Waals surface area contributed by atoms with E-state index in [9.17, 15) is 14.7 Å². The zero-order chi connectivity index (χ0) is 22.9. The van der Waals surface area contributed by atoms with Crippen LogP contribution >= 0.6 is 0 Å². The number of benzene rings is 3. The van der Waals surface area contributed by atoms with Crippen LogP contribution < -0.4 is 4.90 Å². The van der Waals surface area contributed by atoms with Crippen LogP contribution in [-0.2, 0) is 20.9 Å². The predicted molar refractivity (Wildman–Crippen MR) is 124 cm³/mol. The van der Waals surface area contributed by atoms with Gasteiger partial charge in [-0.1, -0.05) is 54.6 Å². The van der Waals surface area contributed by atoms with E-state index in [0.29, 0.717) is 11.5 Å². The average molecular weight is 441 g/mol. The molecule has 0 fully saturated rings. The molecule has 0 saturated heterocycles. The van der Waals surface area contributed by atoms with Crippen LogP contribution in [0.1, 0.15) is 24.1 Å². The van der Waals surface area contributed by atoms with E-state index in [-0.39, 0.29) is 24.8 Å². The van der Waals surface area contributed by atoms with Crippen molar-refractivity contribution in [2.24, 2.45) is 5.92 Å². The summed E-state index contributed by atoms with van der Waals surface area (Å²) in [7, 11) is 0. The Hall–Kier alpha value is -4.13. The second-order valence-electron chi connectivity index (χ2n) is 7.95. The summed E-state index contributed by atoms with van der Waals surface area (Å²) in [6.45, 7) is 2.17. The lowest BCUT2D eigenvalue weighted by Crippen LogP contribution is -2.49. The van der Waals surface area contributed by atoms with Gasteiger partial charge in [0, 0.05) is 0 Å². The summed E-state index contributed by atoms with van der Waals surface area (Å²) in [4.78, 5) is 33.4. The van der Waals surface area contributed by atoms with E-state index < -0.39 is 17.9 Å². The molecule has 0 aliphatic carbocycles. The van der Waals surface area contributed by atoms with E-state index >= 15 is 0 Å². The number of aromatic hydroxyl groups is 1. The first kappa shape index (κ1) is 20.8. The maximum absolute atomic E-state index is 13.9. The number of fused-ring (bicyclic) bond motifs is 3. The molecule has 1 aliphatic heterocycles. The number of phenols is 1. The maximum atomic E-state index is 13.9. The molecular formula is C26H23N3O4. The molecule has 3 aromatic carbocycles. The highest BCUT2D eigenvalue weighted by Gasteiger charge is 2.47. The summed E-state index contributed by atoms with van der Waals surface area (Å²) < 4.78 is 7.30. The second-order valence-corrected chi connectivity index (χ2v) is 7.95. The molecule has 7 nitrogen and oxygen atoms in total. The molecule has 0 unspecified atom stereocenters. The normalized spacial score (nSPS) is 17.7. The van der Waals surface area contributed by atoms with Crippen molar-refractivity contribution in [3.63, 3.8) is 0 Å². The Kier molecular flexibility index (Phi) is 5.30. The molecule has 2 heterocycles. The SMILES string of the molecule is CCOC(=O)[C@H]1C(=O)N(Cc2ccccc2)c2nc3ccccc3n2[C@@H]1c1ccc(O)cc1. The third-order valence-electron chi connectivity index (χ3n) is 5.90. The number of nitrogens with zero attached hydrogens (tertiary/aromatic N) is 3. The van der Waals surface area contributed by atoms with Crippen molar-refractivity contribution in [3.05, 3.63) is 90.0 Å². The Balaban J connectivity index is 1.75. The average Bonchev–Trinajstić information content (AvgIpc) is 3.21. The van der Waals surface area contributed by atoms with E-state index in [1.165, 1.54) is 0 Å². The minimum absolute atomic E-state index is 0.106. The van der Waals surface area contributed by atoms with Gasteiger partial charge in [0.25, 0.3) is 0 Å². The van der Waals surface area contributed by atoms with Gasteiger partial charge in [-0.05, 0) is 42.3 Å². The largest absolute Gasteiger partial charge is 0.508 e. The lowest BCUT2D eigenvalue weighted by atomic mass is 9.89. The van der Waals surface area contributed by atoms with Crippen LogP contribution in [0.2, 0.25) is 0 Å². The molecule has 1 aliphatic rings. The number of para-hydroxylation sites is 2. The number of carbonyl (C=O) groups is 2. The number of rotatable bonds is 5. The molecule has 1 amide bonds. The third kappa shape index (κ3) is 3.61. The van der Waals surface area contributed by atoms with Crippen LogP contribution in [-0.4, -0.2) is 33.1 Å². The fourth-order valence-corrected chi connectivity index (χ4v) is 4.44. The summed E-state index contributed by atoms with van der Waals surface area (Å²) in [5.41, 5.74) is 3.18. The monoisotopic (exact) mass is 441 g/mol. The molecular weight excluding hydrogens is 418 g/mol. The van der Waals surface area contributed by atoms with E-state index in [1.54, 1.807) is 36.1 Å². The van der Waals surface area contributed by atoms with Gasteiger partial charge in [0.1, 0.15) is 5.75 Å². The van der Waals surface area contributed by atoms with Crippen LogP contribution in [0.5, 0.6) is 5.75 Å². The Labute approximate surface area is 190 Å². The van der Waals surface area contributed by atoms with Gasteiger partial charge < -0.3 is 14.4 Å². The highest BCUT2D eigenvalue weighted by atomic mass is 16.5. The van der Waals surface area contributed by atoms with Crippen molar-refractivity contribution >= 4 is 28.9 Å². The highest BCUT2D eigenvalue weighted by Crippen LogP contribution is 2.42. The zero-order valence-corrected chi connectivity index (χ0v) is 18.1. The van der Waals surface area contributed by atoms with E-state index in [2.05, 4.69) is 0 Å². The first-order valence-electron chi connectivity index (χ1n) is 10.9. The van der Waals surface area contributed by atoms with Gasteiger partial charge in [-0.2, -0.15) is 0 Å². The molecule has 4 aromatic rings. The number of hydrogen-bond acceptors (Lipinski definition) is 5. The lowest BCUT2D eigenvalue weighted by molar-refractivity contribution is -0.153. The fraction of sp³-hybridized carbons (Fsp3) is 0.192. The smallest absolute Gasteiger partial charge is 0.321 e. The number of amides is 1. The molecule has 33 heavy (non-hydrogen) atoms. The minimum atomic E-state index is -1.09. The quantitative estimate of drug-likeness (QED) is 0.373. The Morgan fingerprint density at radius 3 is 2.42 bits per heavy atom. The van der Waals surface area contributed by atoms with Gasteiger partial charge in [-0.3, -0.25) is 14.5 Å². The first-order chi connectivity index (χ1) is 16.1. The molecule has 7 heteroatoms. The van der Waals surface area contributed by atoms with Gasteiger partial charge in [-0.15, -0.1) is 0 Å². The summed E-state index contributed by atoms with van der Waals surface area (Å²) in [5.74, 6) is -1.46. The molecule has 2 atom stereocenters. The summed E-state index contributed by atoms with van der Waals surface area (Å²) in [6, 6.07) is 23.1. The summed E-state index contributed by atoms with van der Waals surface area (Å²) in [5, 5.41) is 9.81. The van der Waals surface area contributed by atoms with Crippen LogP contribution in [0.4, 0.5) is 5.95 Å². The summed E-state index contributed by atoms with van der Waals surface area (Å²) in [6.07, 6.45) is 0. The predicted octanol–water partition coefficient (Wildman–Crippen LogP) is 4.06. The van der Waals surface area contributed by atoms with Gasteiger partial charge in [0.2, 0.25) is 11.9 Å². The molecule has 0 bridgehead atoms. The van der Waals surface area contributed by atoms with Gasteiger partial charge in [0.05, 0.1) is 30.2 Å². The van der Waals surface area contributed by atoms with E-state index in [0.717, 1.165) is 16.6 Å². The van der Waals surface area contributed by atoms with Crippen LogP contribution in [0.3, 0.4) is 0 Å². The Morgan fingerprint density at radius 2 is 1.70 bits per heavy atom. The molecule has 1 aromatic heterocycles. The van der Waals surface area contributed by atoms with Crippen LogP contribution in [0, 0.1) is 5.92 Å². The van der Waals surface area contributed by atoms with E-state index in [1.807, 2.05) is 59.2 Å². The topological polar surface area (TPSA) is 84.7 Å². The van der Waals surface area contributed by atoms with Crippen molar-refractivity contribution in [1.82, 2.24) is 9.55 Å². The second kappa shape index (κ2) is 8.43. The van der Waals surface area contributed by atoms with Crippen LogP contribution in [0.15, 0.2) is 78.9 Å². The van der Waals surface area contributed by atoms with Crippen molar-refractivity contribution in [2.45, 2.75) is 19.5 Å². The Bertz CT molecular complexity index is 1310. The fourth-order valence-electron chi connectivity index (χ4n) is 4.44. The lowest BCUT2D eigenvalue weighted by Gasteiger charge is -2.38. The number of hydrogen-bond donors (Lipinski definition) is 1. The number of carbonyl (C=O) groups excluding carboxylic acids is 2. The third-order valence-corrected chi connectivity index (χ3v) is 5.90. The van der Waals surface area contributed by atoms with Crippen molar-refractivity contribution in [3.8, 4) is 5.75 Å². The van der Waals surface area contributed by atoms with Gasteiger partial charge in [-0.25, -0.2) is 4.98 Å². The standard InChI is InChI=1S/C26H23N3O4/c1-2-33-25(32)22-23(18-12-14-19(30)15-13-18)29-21-11-7-6-10-20(21)27-26(29)28(24(22)31)16-17-8-4-3-5-9-17/h3-15,22-23,30H,2,16H2,1H3/t22-,23-/m1/s1. The number of ether oxygens (including phenoxy) is 1.